The smallest absolute Gasteiger partial charge is 0.108 e. The van der Waals surface area contributed by atoms with Gasteiger partial charge in [0.1, 0.15) is 5.82 Å². The summed E-state index contributed by atoms with van der Waals surface area (Å²) in [5.41, 5.74) is 0. The Bertz CT molecular complexity index is 383. The fourth-order valence-electron chi connectivity index (χ4n) is 3.38. The summed E-state index contributed by atoms with van der Waals surface area (Å²) < 4.78 is 2.18. The first-order valence-electron chi connectivity index (χ1n) is 8.33. The number of nitrogens with one attached hydrogen (secondary N) is 1. The maximum Gasteiger partial charge on any atom is 0.108 e. The average molecular weight is 277 g/mol. The van der Waals surface area contributed by atoms with Crippen molar-refractivity contribution in [3.8, 4) is 0 Å². The highest BCUT2D eigenvalue weighted by atomic mass is 15.0. The van der Waals surface area contributed by atoms with Crippen molar-refractivity contribution in [3.63, 3.8) is 0 Å². The molecule has 0 radical (unpaired) electrons. The van der Waals surface area contributed by atoms with Crippen LogP contribution in [0.2, 0.25) is 0 Å². The van der Waals surface area contributed by atoms with Gasteiger partial charge in [0.2, 0.25) is 0 Å². The Labute approximate surface area is 124 Å². The maximum absolute atomic E-state index is 4.53. The van der Waals surface area contributed by atoms with Gasteiger partial charge < -0.3 is 9.88 Å². The van der Waals surface area contributed by atoms with E-state index in [0.29, 0.717) is 0 Å². The number of aryl methyl sites for hydroxylation is 1. The van der Waals surface area contributed by atoms with Gasteiger partial charge in [-0.15, -0.1) is 0 Å². The van der Waals surface area contributed by atoms with E-state index in [-0.39, 0.29) is 0 Å². The lowest BCUT2D eigenvalue weighted by Crippen LogP contribution is -2.31. The van der Waals surface area contributed by atoms with Crippen molar-refractivity contribution in [2.75, 3.05) is 13.1 Å². The molecule has 1 aromatic heterocycles. The second-order valence-corrected chi connectivity index (χ2v) is 6.87. The third kappa shape index (κ3) is 4.62. The lowest BCUT2D eigenvalue weighted by molar-refractivity contribution is 0.288. The summed E-state index contributed by atoms with van der Waals surface area (Å²) in [6.45, 7) is 6.90. The summed E-state index contributed by atoms with van der Waals surface area (Å²) in [6, 6.07) is 0. The van der Waals surface area contributed by atoms with Crippen molar-refractivity contribution in [1.29, 1.82) is 0 Å². The zero-order valence-corrected chi connectivity index (χ0v) is 13.4. The van der Waals surface area contributed by atoms with E-state index >= 15 is 0 Å². The molecule has 1 aromatic rings. The molecule has 1 heterocycles. The molecule has 2 atom stereocenters. The largest absolute Gasteiger partial charge is 0.338 e. The molecule has 1 aliphatic rings. The van der Waals surface area contributed by atoms with Gasteiger partial charge in [-0.05, 0) is 43.7 Å². The van der Waals surface area contributed by atoms with Crippen LogP contribution in [0, 0.1) is 17.8 Å². The second kappa shape index (κ2) is 7.82. The Morgan fingerprint density at radius 1 is 1.25 bits per heavy atom. The van der Waals surface area contributed by atoms with E-state index in [1.54, 1.807) is 0 Å². The fourth-order valence-corrected chi connectivity index (χ4v) is 3.38. The third-order valence-corrected chi connectivity index (χ3v) is 4.64. The number of aromatic nitrogens is 2. The summed E-state index contributed by atoms with van der Waals surface area (Å²) in [5, 5.41) is 3.68. The molecule has 114 valence electrons. The Hall–Kier alpha value is -0.830. The van der Waals surface area contributed by atoms with Gasteiger partial charge in [-0.1, -0.05) is 33.1 Å². The molecule has 1 fully saturated rings. The Balaban J connectivity index is 1.92. The minimum Gasteiger partial charge on any atom is -0.338 e. The lowest BCUT2D eigenvalue weighted by atomic mass is 9.85. The van der Waals surface area contributed by atoms with Gasteiger partial charge in [0.05, 0.1) is 0 Å². The van der Waals surface area contributed by atoms with Crippen molar-refractivity contribution >= 4 is 0 Å². The van der Waals surface area contributed by atoms with Crippen LogP contribution >= 0.6 is 0 Å². The van der Waals surface area contributed by atoms with Crippen LogP contribution in [0.15, 0.2) is 12.4 Å². The Morgan fingerprint density at radius 3 is 2.65 bits per heavy atom. The molecular weight excluding hydrogens is 246 g/mol. The zero-order valence-electron chi connectivity index (χ0n) is 13.4. The standard InChI is InChI=1S/C17H31N3/c1-14(2)12-18-13-16-8-6-4-5-7-15(16)11-17-19-9-10-20(17)3/h9-10,14-16,18H,4-8,11-13H2,1-3H3. The number of hydrogen-bond acceptors (Lipinski definition) is 2. The highest BCUT2D eigenvalue weighted by Gasteiger charge is 2.24. The van der Waals surface area contributed by atoms with Crippen LogP contribution in [-0.2, 0) is 13.5 Å². The van der Waals surface area contributed by atoms with Gasteiger partial charge in [-0.3, -0.25) is 0 Å². The molecule has 0 amide bonds. The van der Waals surface area contributed by atoms with Crippen LogP contribution in [0.3, 0.4) is 0 Å². The molecule has 20 heavy (non-hydrogen) atoms. The maximum atomic E-state index is 4.53. The minimum absolute atomic E-state index is 0.744. The molecule has 0 spiro atoms. The predicted molar refractivity (Wildman–Crippen MR) is 84.7 cm³/mol. The molecule has 2 unspecified atom stereocenters. The monoisotopic (exact) mass is 277 g/mol. The first-order valence-corrected chi connectivity index (χ1v) is 8.33. The van der Waals surface area contributed by atoms with Gasteiger partial charge >= 0.3 is 0 Å². The molecule has 2 rings (SSSR count). The van der Waals surface area contributed by atoms with E-state index in [1.807, 2.05) is 6.20 Å². The highest BCUT2D eigenvalue weighted by Crippen LogP contribution is 2.30. The van der Waals surface area contributed by atoms with Crippen molar-refractivity contribution < 1.29 is 0 Å². The summed E-state index contributed by atoms with van der Waals surface area (Å²) in [4.78, 5) is 4.53. The van der Waals surface area contributed by atoms with E-state index < -0.39 is 0 Å². The molecule has 3 nitrogen and oxygen atoms in total. The SMILES string of the molecule is CC(C)CNCC1CCCCCC1Cc1nccn1C. The quantitative estimate of drug-likeness (QED) is 0.808. The molecule has 1 aliphatic carbocycles. The van der Waals surface area contributed by atoms with Crippen molar-refractivity contribution in [2.24, 2.45) is 24.8 Å². The van der Waals surface area contributed by atoms with Gasteiger partial charge in [-0.25, -0.2) is 4.98 Å². The number of rotatable bonds is 6. The Kier molecular flexibility index (Phi) is 6.08. The van der Waals surface area contributed by atoms with E-state index in [2.05, 4.69) is 42.0 Å². The zero-order chi connectivity index (χ0) is 14.4. The summed E-state index contributed by atoms with van der Waals surface area (Å²) >= 11 is 0. The first kappa shape index (κ1) is 15.6. The van der Waals surface area contributed by atoms with Gasteiger partial charge in [0.25, 0.3) is 0 Å². The van der Waals surface area contributed by atoms with Gasteiger partial charge in [0, 0.05) is 25.9 Å². The van der Waals surface area contributed by atoms with Crippen LogP contribution in [0.5, 0.6) is 0 Å². The predicted octanol–water partition coefficient (Wildman–Crippen LogP) is 3.40. The van der Waals surface area contributed by atoms with Crippen LogP contribution in [0.4, 0.5) is 0 Å². The topological polar surface area (TPSA) is 29.9 Å². The molecule has 0 aliphatic heterocycles. The molecule has 0 aromatic carbocycles. The van der Waals surface area contributed by atoms with E-state index in [1.165, 1.54) is 44.5 Å². The van der Waals surface area contributed by atoms with Crippen LogP contribution in [0.1, 0.15) is 51.8 Å². The Morgan fingerprint density at radius 2 is 2.00 bits per heavy atom. The second-order valence-electron chi connectivity index (χ2n) is 6.87. The summed E-state index contributed by atoms with van der Waals surface area (Å²) in [7, 11) is 2.12. The molecule has 0 saturated heterocycles. The lowest BCUT2D eigenvalue weighted by Gasteiger charge is -2.25. The molecule has 1 saturated carbocycles. The normalized spacial score (nSPS) is 24.0. The minimum atomic E-state index is 0.744. The number of nitrogens with zero attached hydrogens (tertiary/aromatic N) is 2. The van der Waals surface area contributed by atoms with Gasteiger partial charge in [-0.2, -0.15) is 0 Å². The first-order chi connectivity index (χ1) is 9.66. The van der Waals surface area contributed by atoms with Gasteiger partial charge in [0.15, 0.2) is 0 Å². The van der Waals surface area contributed by atoms with E-state index in [4.69, 9.17) is 0 Å². The molecule has 3 heteroatoms. The van der Waals surface area contributed by atoms with Crippen LogP contribution in [0.25, 0.3) is 0 Å². The number of hydrogen-bond donors (Lipinski definition) is 1. The van der Waals surface area contributed by atoms with Crippen molar-refractivity contribution in [3.05, 3.63) is 18.2 Å². The fraction of sp³-hybridized carbons (Fsp3) is 0.824. The molecular formula is C17H31N3. The van der Waals surface area contributed by atoms with Crippen molar-refractivity contribution in [1.82, 2.24) is 14.9 Å². The molecule has 0 bridgehead atoms. The van der Waals surface area contributed by atoms with Crippen LogP contribution < -0.4 is 5.32 Å². The average Bonchev–Trinajstić information content (AvgIpc) is 2.67. The summed E-state index contributed by atoms with van der Waals surface area (Å²) in [6.07, 6.45) is 12.1. The molecule has 1 N–H and O–H groups in total. The van der Waals surface area contributed by atoms with Crippen molar-refractivity contribution in [2.45, 2.75) is 52.4 Å². The number of imidazole rings is 1. The van der Waals surface area contributed by atoms with E-state index in [9.17, 15) is 0 Å². The third-order valence-electron chi connectivity index (χ3n) is 4.64. The highest BCUT2D eigenvalue weighted by molar-refractivity contribution is 4.94. The van der Waals surface area contributed by atoms with E-state index in [0.717, 1.165) is 30.7 Å². The summed E-state index contributed by atoms with van der Waals surface area (Å²) in [5.74, 6) is 3.63. The van der Waals surface area contributed by atoms with Crippen LogP contribution in [-0.4, -0.2) is 22.6 Å².